The Morgan fingerprint density at radius 1 is 0.900 bits per heavy atom. The van der Waals surface area contributed by atoms with Gasteiger partial charge in [-0.3, -0.25) is 0 Å². The van der Waals surface area contributed by atoms with Crippen molar-refractivity contribution in [1.82, 2.24) is 10.2 Å². The molecule has 2 aromatic rings. The highest BCUT2D eigenvalue weighted by Gasteiger charge is 2.20. The molecule has 4 heteroatoms. The van der Waals surface area contributed by atoms with Gasteiger partial charge in [0, 0.05) is 17.7 Å². The Bertz CT molecular complexity index is 533. The maximum Gasteiger partial charge on any atom is 0.233 e. The van der Waals surface area contributed by atoms with Gasteiger partial charge < -0.3 is 10.5 Å². The Labute approximate surface area is 119 Å². The number of hydrogen-bond donors (Lipinski definition) is 1. The zero-order chi connectivity index (χ0) is 13.8. The molecule has 0 saturated heterocycles. The quantitative estimate of drug-likeness (QED) is 0.930. The Morgan fingerprint density at radius 3 is 2.30 bits per heavy atom. The summed E-state index contributed by atoms with van der Waals surface area (Å²) < 4.78 is 5.87. The smallest absolute Gasteiger partial charge is 0.233 e. The molecule has 0 radical (unpaired) electrons. The number of nitrogens with zero attached hydrogens (tertiary/aromatic N) is 2. The molecule has 3 rings (SSSR count). The van der Waals surface area contributed by atoms with Crippen LogP contribution < -0.4 is 10.5 Å². The van der Waals surface area contributed by atoms with Crippen molar-refractivity contribution in [2.24, 2.45) is 5.73 Å². The van der Waals surface area contributed by atoms with E-state index in [2.05, 4.69) is 10.2 Å². The molecule has 0 unspecified atom stereocenters. The number of nitrogens with two attached hydrogens (primary N) is 1. The molecular formula is C16H19N3O. The summed E-state index contributed by atoms with van der Waals surface area (Å²) in [6, 6.07) is 14.2. The summed E-state index contributed by atoms with van der Waals surface area (Å²) in [5.41, 5.74) is 7.82. The predicted molar refractivity (Wildman–Crippen MR) is 78.3 cm³/mol. The highest BCUT2D eigenvalue weighted by Crippen LogP contribution is 2.22. The number of aromatic nitrogens is 2. The second-order valence-corrected chi connectivity index (χ2v) is 5.28. The van der Waals surface area contributed by atoms with Crippen LogP contribution in [0.15, 0.2) is 42.5 Å². The van der Waals surface area contributed by atoms with Crippen molar-refractivity contribution in [2.45, 2.75) is 37.8 Å². The van der Waals surface area contributed by atoms with Gasteiger partial charge in [0.15, 0.2) is 0 Å². The van der Waals surface area contributed by atoms with Crippen LogP contribution >= 0.6 is 0 Å². The maximum atomic E-state index is 5.89. The summed E-state index contributed by atoms with van der Waals surface area (Å²) in [4.78, 5) is 0. The Kier molecular flexibility index (Phi) is 3.92. The molecule has 4 nitrogen and oxygen atoms in total. The van der Waals surface area contributed by atoms with Gasteiger partial charge in [-0.2, -0.15) is 0 Å². The van der Waals surface area contributed by atoms with Crippen molar-refractivity contribution in [3.63, 3.8) is 0 Å². The van der Waals surface area contributed by atoms with Crippen LogP contribution in [0.25, 0.3) is 11.3 Å². The van der Waals surface area contributed by atoms with Crippen LogP contribution in [-0.2, 0) is 0 Å². The largest absolute Gasteiger partial charge is 0.473 e. The van der Waals surface area contributed by atoms with E-state index in [9.17, 15) is 0 Å². The molecule has 2 N–H and O–H groups in total. The number of benzene rings is 1. The molecule has 1 saturated carbocycles. The maximum absolute atomic E-state index is 5.89. The van der Waals surface area contributed by atoms with E-state index >= 15 is 0 Å². The lowest BCUT2D eigenvalue weighted by atomic mass is 9.94. The summed E-state index contributed by atoms with van der Waals surface area (Å²) in [5.74, 6) is 0.602. The summed E-state index contributed by atoms with van der Waals surface area (Å²) in [5, 5.41) is 8.39. The average molecular weight is 269 g/mol. The normalized spacial score (nSPS) is 22.4. The highest BCUT2D eigenvalue weighted by atomic mass is 16.5. The zero-order valence-corrected chi connectivity index (χ0v) is 11.4. The van der Waals surface area contributed by atoms with Crippen LogP contribution in [0.3, 0.4) is 0 Å². The van der Waals surface area contributed by atoms with Crippen molar-refractivity contribution in [3.05, 3.63) is 42.5 Å². The van der Waals surface area contributed by atoms with Gasteiger partial charge >= 0.3 is 0 Å². The predicted octanol–water partition coefficient (Wildman–Crippen LogP) is 2.79. The molecule has 0 aliphatic heterocycles. The minimum Gasteiger partial charge on any atom is -0.473 e. The van der Waals surface area contributed by atoms with Gasteiger partial charge in [-0.05, 0) is 31.7 Å². The lowest BCUT2D eigenvalue weighted by Gasteiger charge is -2.26. The van der Waals surface area contributed by atoms with Crippen molar-refractivity contribution < 1.29 is 4.74 Å². The van der Waals surface area contributed by atoms with Crippen LogP contribution in [0, 0.1) is 0 Å². The molecule has 104 valence electrons. The molecule has 0 atom stereocenters. The highest BCUT2D eigenvalue weighted by molar-refractivity contribution is 5.58. The van der Waals surface area contributed by atoms with Crippen molar-refractivity contribution >= 4 is 0 Å². The molecule has 1 aromatic carbocycles. The van der Waals surface area contributed by atoms with E-state index in [0.29, 0.717) is 11.9 Å². The van der Waals surface area contributed by atoms with Crippen LogP contribution in [0.5, 0.6) is 5.88 Å². The van der Waals surface area contributed by atoms with E-state index in [4.69, 9.17) is 10.5 Å². The summed E-state index contributed by atoms with van der Waals surface area (Å²) in [7, 11) is 0. The van der Waals surface area contributed by atoms with E-state index < -0.39 is 0 Å². The standard InChI is InChI=1S/C16H19N3O/c17-13-6-8-14(9-7-13)20-16-11-10-15(18-19-16)12-4-2-1-3-5-12/h1-5,10-11,13-14H,6-9,17H2/t13-,14-. The molecule has 1 aliphatic carbocycles. The van der Waals surface area contributed by atoms with Gasteiger partial charge in [-0.25, -0.2) is 0 Å². The van der Waals surface area contributed by atoms with Crippen LogP contribution in [-0.4, -0.2) is 22.3 Å². The molecule has 0 spiro atoms. The van der Waals surface area contributed by atoms with Crippen molar-refractivity contribution in [2.75, 3.05) is 0 Å². The first kappa shape index (κ1) is 13.1. The van der Waals surface area contributed by atoms with E-state index in [1.165, 1.54) is 0 Å². The molecule has 0 amide bonds. The van der Waals surface area contributed by atoms with E-state index in [1.807, 2.05) is 42.5 Å². The molecule has 20 heavy (non-hydrogen) atoms. The number of ether oxygens (including phenoxy) is 1. The fourth-order valence-electron chi connectivity index (χ4n) is 2.52. The fraction of sp³-hybridized carbons (Fsp3) is 0.375. The lowest BCUT2D eigenvalue weighted by Crippen LogP contribution is -2.31. The number of rotatable bonds is 3. The molecule has 1 heterocycles. The first-order chi connectivity index (χ1) is 9.81. The Hall–Kier alpha value is -1.94. The summed E-state index contributed by atoms with van der Waals surface area (Å²) in [6.07, 6.45) is 4.29. The monoisotopic (exact) mass is 269 g/mol. The second-order valence-electron chi connectivity index (χ2n) is 5.28. The first-order valence-corrected chi connectivity index (χ1v) is 7.12. The first-order valence-electron chi connectivity index (χ1n) is 7.12. The third-order valence-corrected chi connectivity index (χ3v) is 3.72. The number of hydrogen-bond acceptors (Lipinski definition) is 4. The molecule has 1 aromatic heterocycles. The van der Waals surface area contributed by atoms with E-state index in [-0.39, 0.29) is 6.10 Å². The Balaban J connectivity index is 1.65. The molecule has 1 fully saturated rings. The van der Waals surface area contributed by atoms with Gasteiger partial charge in [0.2, 0.25) is 5.88 Å². The van der Waals surface area contributed by atoms with E-state index in [0.717, 1.165) is 36.9 Å². The topological polar surface area (TPSA) is 61.0 Å². The third kappa shape index (κ3) is 3.14. The fourth-order valence-corrected chi connectivity index (χ4v) is 2.52. The van der Waals surface area contributed by atoms with Gasteiger partial charge in [0.05, 0.1) is 5.69 Å². The van der Waals surface area contributed by atoms with Gasteiger partial charge in [-0.1, -0.05) is 30.3 Å². The zero-order valence-electron chi connectivity index (χ0n) is 11.4. The SMILES string of the molecule is N[C@H]1CC[C@H](Oc2ccc(-c3ccccc3)nn2)CC1. The van der Waals surface area contributed by atoms with E-state index in [1.54, 1.807) is 0 Å². The summed E-state index contributed by atoms with van der Waals surface area (Å²) >= 11 is 0. The second kappa shape index (κ2) is 6.01. The summed E-state index contributed by atoms with van der Waals surface area (Å²) in [6.45, 7) is 0. The molecular weight excluding hydrogens is 250 g/mol. The minimum atomic E-state index is 0.228. The average Bonchev–Trinajstić information content (AvgIpc) is 2.51. The van der Waals surface area contributed by atoms with Gasteiger partial charge in [0.25, 0.3) is 0 Å². The minimum absolute atomic E-state index is 0.228. The van der Waals surface area contributed by atoms with Crippen LogP contribution in [0.4, 0.5) is 0 Å². The van der Waals surface area contributed by atoms with Gasteiger partial charge in [0.1, 0.15) is 6.10 Å². The molecule has 1 aliphatic rings. The van der Waals surface area contributed by atoms with Crippen molar-refractivity contribution in [1.29, 1.82) is 0 Å². The lowest BCUT2D eigenvalue weighted by molar-refractivity contribution is 0.140. The van der Waals surface area contributed by atoms with Crippen LogP contribution in [0.2, 0.25) is 0 Å². The van der Waals surface area contributed by atoms with Gasteiger partial charge in [-0.15, -0.1) is 10.2 Å². The molecule has 0 bridgehead atoms. The van der Waals surface area contributed by atoms with Crippen LogP contribution in [0.1, 0.15) is 25.7 Å². The van der Waals surface area contributed by atoms with Crippen molar-refractivity contribution in [3.8, 4) is 17.1 Å². The third-order valence-electron chi connectivity index (χ3n) is 3.72. The Morgan fingerprint density at radius 2 is 1.65 bits per heavy atom.